The van der Waals surface area contributed by atoms with Crippen molar-refractivity contribution in [2.75, 3.05) is 31.1 Å². The number of likely N-dealkylation sites (tertiary alicyclic amines) is 1. The van der Waals surface area contributed by atoms with Crippen molar-refractivity contribution in [1.82, 2.24) is 25.2 Å². The van der Waals surface area contributed by atoms with Crippen molar-refractivity contribution in [3.8, 4) is 0 Å². The van der Waals surface area contributed by atoms with Gasteiger partial charge < -0.3 is 16.0 Å². The van der Waals surface area contributed by atoms with E-state index in [1.165, 1.54) is 0 Å². The van der Waals surface area contributed by atoms with Gasteiger partial charge in [0.2, 0.25) is 0 Å². The fraction of sp³-hybridized carbons (Fsp3) is 0.412. The van der Waals surface area contributed by atoms with E-state index in [1.54, 1.807) is 32.7 Å². The first-order valence-corrected chi connectivity index (χ1v) is 9.19. The van der Waals surface area contributed by atoms with Gasteiger partial charge in [-0.05, 0) is 24.6 Å². The highest BCUT2D eigenvalue weighted by Crippen LogP contribution is 2.30. The molecule has 4 rings (SSSR count). The second kappa shape index (κ2) is 7.16. The summed E-state index contributed by atoms with van der Waals surface area (Å²) in [6, 6.07) is 4.92. The van der Waals surface area contributed by atoms with Crippen LogP contribution in [0.1, 0.15) is 28.5 Å². The fourth-order valence-electron chi connectivity index (χ4n) is 3.46. The summed E-state index contributed by atoms with van der Waals surface area (Å²) in [5.74, 6) is -0.0887. The van der Waals surface area contributed by atoms with Gasteiger partial charge in [-0.25, -0.2) is 9.48 Å². The molecule has 1 aromatic carbocycles. The molecular formula is C17H20ClN7O2. The summed E-state index contributed by atoms with van der Waals surface area (Å²) in [6.07, 6.45) is 2.62. The van der Waals surface area contributed by atoms with E-state index in [1.807, 2.05) is 6.20 Å². The highest BCUT2D eigenvalue weighted by molar-refractivity contribution is 6.34. The first kappa shape index (κ1) is 17.7. The van der Waals surface area contributed by atoms with E-state index in [9.17, 15) is 9.59 Å². The van der Waals surface area contributed by atoms with Crippen LogP contribution in [0.4, 0.5) is 10.5 Å². The van der Waals surface area contributed by atoms with Crippen LogP contribution in [0.3, 0.4) is 0 Å². The monoisotopic (exact) mass is 389 g/mol. The number of carbonyl (C=O) groups is 2. The summed E-state index contributed by atoms with van der Waals surface area (Å²) in [6.45, 7) is 2.60. The molecule has 2 aliphatic heterocycles. The Bertz CT molecular complexity index is 884. The molecule has 0 spiro atoms. The number of nitrogens with zero attached hydrogens (tertiary/aromatic N) is 5. The second-order valence-corrected chi connectivity index (χ2v) is 7.04. The Morgan fingerprint density at radius 1 is 1.37 bits per heavy atom. The number of aromatic nitrogens is 3. The van der Waals surface area contributed by atoms with Gasteiger partial charge in [-0.3, -0.25) is 9.69 Å². The molecular weight excluding hydrogens is 370 g/mol. The fourth-order valence-corrected chi connectivity index (χ4v) is 3.68. The lowest BCUT2D eigenvalue weighted by Gasteiger charge is -2.20. The predicted octanol–water partition coefficient (Wildman–Crippen LogP) is 1.01. The Labute approximate surface area is 161 Å². The van der Waals surface area contributed by atoms with Crippen LogP contribution < -0.4 is 16.0 Å². The van der Waals surface area contributed by atoms with Crippen LogP contribution in [-0.4, -0.2) is 58.0 Å². The lowest BCUT2D eigenvalue weighted by Crippen LogP contribution is -2.30. The molecule has 0 saturated carbocycles. The maximum Gasteiger partial charge on any atom is 0.322 e. The standard InChI is InChI=1S/C17H20ClN7O2/c18-14-2-1-11(7-15(14)24-6-4-20-17(24)27)16(26)23-5-3-13(10-23)25-9-12(8-19)21-22-25/h1-2,7,9,13H,3-6,8,10,19H2,(H,20,27). The topological polar surface area (TPSA) is 109 Å². The van der Waals surface area contributed by atoms with E-state index in [0.717, 1.165) is 12.1 Å². The summed E-state index contributed by atoms with van der Waals surface area (Å²) in [4.78, 5) is 28.2. The minimum Gasteiger partial charge on any atom is -0.336 e. The molecule has 3 N–H and O–H groups in total. The molecule has 2 aliphatic rings. The smallest absolute Gasteiger partial charge is 0.322 e. The zero-order chi connectivity index (χ0) is 19.0. The Morgan fingerprint density at radius 2 is 2.22 bits per heavy atom. The van der Waals surface area contributed by atoms with Gasteiger partial charge in [-0.15, -0.1) is 5.10 Å². The highest BCUT2D eigenvalue weighted by Gasteiger charge is 2.30. The van der Waals surface area contributed by atoms with Crippen LogP contribution >= 0.6 is 11.6 Å². The third-order valence-electron chi connectivity index (χ3n) is 4.93. The molecule has 2 fully saturated rings. The zero-order valence-electron chi connectivity index (χ0n) is 14.6. The number of nitrogens with two attached hydrogens (primary N) is 1. The number of amides is 3. The summed E-state index contributed by atoms with van der Waals surface area (Å²) in [5, 5.41) is 11.3. The lowest BCUT2D eigenvalue weighted by molar-refractivity contribution is 0.0787. The molecule has 0 radical (unpaired) electrons. The van der Waals surface area contributed by atoms with Gasteiger partial charge in [0.15, 0.2) is 0 Å². The maximum absolute atomic E-state index is 12.9. The number of benzene rings is 1. The number of urea groups is 1. The summed E-state index contributed by atoms with van der Waals surface area (Å²) >= 11 is 6.25. The van der Waals surface area contributed by atoms with Crippen LogP contribution in [0, 0.1) is 0 Å². The molecule has 27 heavy (non-hydrogen) atoms. The number of rotatable bonds is 4. The molecule has 2 aromatic rings. The van der Waals surface area contributed by atoms with E-state index in [0.29, 0.717) is 49.0 Å². The molecule has 9 nitrogen and oxygen atoms in total. The molecule has 1 unspecified atom stereocenters. The summed E-state index contributed by atoms with van der Waals surface area (Å²) in [5.41, 5.74) is 7.37. The Kier molecular flexibility index (Phi) is 4.71. The van der Waals surface area contributed by atoms with Crippen molar-refractivity contribution in [1.29, 1.82) is 0 Å². The van der Waals surface area contributed by atoms with Gasteiger partial charge >= 0.3 is 6.03 Å². The van der Waals surface area contributed by atoms with Crippen LogP contribution in [0.2, 0.25) is 5.02 Å². The quantitative estimate of drug-likeness (QED) is 0.810. The van der Waals surface area contributed by atoms with Crippen molar-refractivity contribution in [3.05, 3.63) is 40.7 Å². The van der Waals surface area contributed by atoms with Gasteiger partial charge in [0.05, 0.1) is 28.6 Å². The van der Waals surface area contributed by atoms with Gasteiger partial charge in [0.1, 0.15) is 0 Å². The van der Waals surface area contributed by atoms with Gasteiger partial charge in [-0.2, -0.15) is 0 Å². The molecule has 1 atom stereocenters. The number of halogens is 1. The van der Waals surface area contributed by atoms with Gasteiger partial charge in [-0.1, -0.05) is 16.8 Å². The minimum absolute atomic E-state index is 0.0814. The Hall–Kier alpha value is -2.65. The minimum atomic E-state index is -0.204. The maximum atomic E-state index is 12.9. The van der Waals surface area contributed by atoms with E-state index in [-0.39, 0.29) is 18.0 Å². The second-order valence-electron chi connectivity index (χ2n) is 6.64. The van der Waals surface area contributed by atoms with E-state index < -0.39 is 0 Å². The molecule has 10 heteroatoms. The number of carbonyl (C=O) groups excluding carboxylic acids is 2. The lowest BCUT2D eigenvalue weighted by atomic mass is 10.1. The number of hydrogen-bond donors (Lipinski definition) is 2. The zero-order valence-corrected chi connectivity index (χ0v) is 15.4. The van der Waals surface area contributed by atoms with E-state index >= 15 is 0 Å². The average molecular weight is 390 g/mol. The van der Waals surface area contributed by atoms with Crippen molar-refractivity contribution >= 4 is 29.2 Å². The van der Waals surface area contributed by atoms with Crippen LogP contribution in [0.5, 0.6) is 0 Å². The SMILES string of the molecule is NCc1cn(C2CCN(C(=O)c3ccc(Cl)c(N4CCNC4=O)c3)C2)nn1. The molecule has 142 valence electrons. The van der Waals surface area contributed by atoms with E-state index in [2.05, 4.69) is 15.6 Å². The number of hydrogen-bond acceptors (Lipinski definition) is 5. The molecule has 0 aliphatic carbocycles. The Morgan fingerprint density at radius 3 is 2.93 bits per heavy atom. The summed E-state index contributed by atoms with van der Waals surface area (Å²) < 4.78 is 1.78. The first-order chi connectivity index (χ1) is 13.1. The van der Waals surface area contributed by atoms with Crippen molar-refractivity contribution < 1.29 is 9.59 Å². The third kappa shape index (κ3) is 3.35. The molecule has 3 amide bonds. The van der Waals surface area contributed by atoms with Gasteiger partial charge in [0, 0.05) is 38.3 Å². The highest BCUT2D eigenvalue weighted by atomic mass is 35.5. The Balaban J connectivity index is 1.50. The van der Waals surface area contributed by atoms with Crippen LogP contribution in [-0.2, 0) is 6.54 Å². The molecule has 3 heterocycles. The van der Waals surface area contributed by atoms with Crippen LogP contribution in [0.15, 0.2) is 24.4 Å². The number of anilines is 1. The summed E-state index contributed by atoms with van der Waals surface area (Å²) in [7, 11) is 0. The average Bonchev–Trinajstić information content (AvgIpc) is 3.41. The van der Waals surface area contributed by atoms with Gasteiger partial charge in [0.25, 0.3) is 5.91 Å². The van der Waals surface area contributed by atoms with Crippen molar-refractivity contribution in [2.45, 2.75) is 19.0 Å². The van der Waals surface area contributed by atoms with Crippen molar-refractivity contribution in [2.24, 2.45) is 5.73 Å². The molecule has 2 saturated heterocycles. The molecule has 1 aromatic heterocycles. The molecule has 0 bridgehead atoms. The van der Waals surface area contributed by atoms with Crippen LogP contribution in [0.25, 0.3) is 0 Å². The normalized spacial score (nSPS) is 19.6. The number of nitrogens with one attached hydrogen (secondary N) is 1. The first-order valence-electron chi connectivity index (χ1n) is 8.82. The predicted molar refractivity (Wildman–Crippen MR) is 99.7 cm³/mol. The van der Waals surface area contributed by atoms with Crippen molar-refractivity contribution in [3.63, 3.8) is 0 Å². The third-order valence-corrected chi connectivity index (χ3v) is 5.25. The largest absolute Gasteiger partial charge is 0.336 e. The van der Waals surface area contributed by atoms with E-state index in [4.69, 9.17) is 17.3 Å².